The van der Waals surface area contributed by atoms with Gasteiger partial charge in [-0.15, -0.1) is 0 Å². The Hall–Kier alpha value is -4.18. The van der Waals surface area contributed by atoms with Gasteiger partial charge in [0.2, 0.25) is 0 Å². The zero-order valence-corrected chi connectivity index (χ0v) is 16.6. The molecule has 3 aromatic rings. The van der Waals surface area contributed by atoms with Crippen LogP contribution in [-0.2, 0) is 5.54 Å². The van der Waals surface area contributed by atoms with Crippen molar-refractivity contribution in [3.05, 3.63) is 119 Å². The molecule has 1 atom stereocenters. The van der Waals surface area contributed by atoms with Crippen molar-refractivity contribution < 1.29 is 13.2 Å². The third-order valence-electron chi connectivity index (χ3n) is 5.50. The summed E-state index contributed by atoms with van der Waals surface area (Å²) in [6, 6.07) is 15.0. The van der Waals surface area contributed by atoms with Crippen molar-refractivity contribution in [2.75, 3.05) is 0 Å². The Kier molecular flexibility index (Phi) is 4.45. The number of hydrogen-bond acceptors (Lipinski definition) is 4. The fraction of sp³-hybridized carbons (Fsp3) is 0.0800. The highest BCUT2D eigenvalue weighted by atomic mass is 19.4. The largest absolute Gasteiger partial charge is 0.424 e. The molecule has 32 heavy (non-hydrogen) atoms. The third kappa shape index (κ3) is 3.08. The lowest BCUT2D eigenvalue weighted by Gasteiger charge is -2.29. The van der Waals surface area contributed by atoms with Gasteiger partial charge in [0.05, 0.1) is 0 Å². The van der Waals surface area contributed by atoms with Crippen LogP contribution >= 0.6 is 0 Å². The summed E-state index contributed by atoms with van der Waals surface area (Å²) in [7, 11) is 0. The molecule has 2 aromatic carbocycles. The average molecular weight is 428 g/mol. The Labute approximate surface area is 181 Å². The van der Waals surface area contributed by atoms with E-state index in [1.807, 2.05) is 48.5 Å². The normalized spacial score (nSPS) is 19.3. The summed E-state index contributed by atoms with van der Waals surface area (Å²) >= 11 is 0. The van der Waals surface area contributed by atoms with Crippen molar-refractivity contribution in [3.8, 4) is 11.1 Å². The lowest BCUT2D eigenvalue weighted by Crippen LogP contribution is -2.26. The van der Waals surface area contributed by atoms with E-state index in [2.05, 4.69) is 21.4 Å². The minimum Gasteiger partial charge on any atom is -0.383 e. The molecule has 7 heteroatoms. The first-order valence-electron chi connectivity index (χ1n) is 9.72. The topological polar surface area (TPSA) is 64.2 Å². The lowest BCUT2D eigenvalue weighted by molar-refractivity contribution is -0.0880. The number of aliphatic imine (C=N–C) groups is 1. The molecule has 156 valence electrons. The van der Waals surface area contributed by atoms with E-state index >= 15 is 0 Å². The monoisotopic (exact) mass is 428 g/mol. The van der Waals surface area contributed by atoms with Crippen LogP contribution in [-0.4, -0.2) is 22.0 Å². The number of alkyl halides is 3. The Balaban J connectivity index is 1.80. The van der Waals surface area contributed by atoms with Crippen molar-refractivity contribution in [2.24, 2.45) is 10.7 Å². The second-order valence-electron chi connectivity index (χ2n) is 7.37. The quantitative estimate of drug-likeness (QED) is 0.607. The first kappa shape index (κ1) is 19.8. The van der Waals surface area contributed by atoms with Crippen LogP contribution in [0.25, 0.3) is 11.1 Å². The van der Waals surface area contributed by atoms with Crippen LogP contribution in [0.4, 0.5) is 13.2 Å². The molecule has 0 saturated heterocycles. The molecule has 4 nitrogen and oxygen atoms in total. The zero-order chi connectivity index (χ0) is 22.3. The molecule has 0 bridgehead atoms. The molecule has 2 aliphatic rings. The number of halogens is 3. The van der Waals surface area contributed by atoms with Gasteiger partial charge in [0.15, 0.2) is 0 Å². The number of fused-ring (bicyclic) bond motifs is 1. The van der Waals surface area contributed by atoms with Gasteiger partial charge in [-0.1, -0.05) is 53.9 Å². The summed E-state index contributed by atoms with van der Waals surface area (Å²) in [6.45, 7) is 0. The van der Waals surface area contributed by atoms with E-state index in [-0.39, 0.29) is 0 Å². The van der Waals surface area contributed by atoms with Gasteiger partial charge in [0, 0.05) is 34.7 Å². The minimum absolute atomic E-state index is 0.308. The first-order valence-corrected chi connectivity index (χ1v) is 9.72. The van der Waals surface area contributed by atoms with Crippen LogP contribution in [0.2, 0.25) is 0 Å². The summed E-state index contributed by atoms with van der Waals surface area (Å²) in [5.41, 5.74) is 13.5. The van der Waals surface area contributed by atoms with Gasteiger partial charge in [0.1, 0.15) is 23.3 Å². The molecule has 1 unspecified atom stereocenters. The van der Waals surface area contributed by atoms with Gasteiger partial charge in [-0.3, -0.25) is 0 Å². The predicted molar refractivity (Wildman–Crippen MR) is 115 cm³/mol. The molecule has 0 amide bonds. The number of allylic oxidation sites excluding steroid dienone is 2. The van der Waals surface area contributed by atoms with Gasteiger partial charge in [0.25, 0.3) is 0 Å². The molecule has 1 aliphatic carbocycles. The van der Waals surface area contributed by atoms with Gasteiger partial charge in [-0.05, 0) is 29.3 Å². The Morgan fingerprint density at radius 3 is 2.38 bits per heavy atom. The summed E-state index contributed by atoms with van der Waals surface area (Å²) in [4.78, 5) is 12.9. The Morgan fingerprint density at radius 1 is 0.875 bits per heavy atom. The highest BCUT2D eigenvalue weighted by Crippen LogP contribution is 2.47. The molecule has 0 saturated carbocycles. The fourth-order valence-corrected chi connectivity index (χ4v) is 4.04. The second-order valence-corrected chi connectivity index (χ2v) is 7.37. The van der Waals surface area contributed by atoms with Crippen molar-refractivity contribution in [2.45, 2.75) is 11.7 Å². The number of benzene rings is 2. The van der Waals surface area contributed by atoms with E-state index < -0.39 is 17.3 Å². The molecule has 0 spiro atoms. The van der Waals surface area contributed by atoms with Crippen LogP contribution in [0, 0.1) is 0 Å². The standard InChI is InChI=1S/C25H15F3N4/c26-25(27,28)19-10-8-18(9-11-19)24(22-7-2-1-6-21(22)23(29)32-24)20-5-3-4-16(12-20)17-13-30-15-31-14-17/h1-8,10,12-15H,(H2,29,32). The Bertz CT molecular complexity index is 1390. The maximum absolute atomic E-state index is 13.1. The maximum atomic E-state index is 13.1. The molecular weight excluding hydrogens is 413 g/mol. The molecule has 2 N–H and O–H groups in total. The van der Waals surface area contributed by atoms with E-state index in [4.69, 9.17) is 10.7 Å². The van der Waals surface area contributed by atoms with Crippen LogP contribution < -0.4 is 5.73 Å². The van der Waals surface area contributed by atoms with Crippen LogP contribution in [0.3, 0.4) is 0 Å². The average Bonchev–Trinajstić information content (AvgIpc) is 3.13. The van der Waals surface area contributed by atoms with Crippen molar-refractivity contribution >= 4 is 5.84 Å². The summed E-state index contributed by atoms with van der Waals surface area (Å²) in [6.07, 6.45) is 2.70. The second kappa shape index (κ2) is 7.20. The highest BCUT2D eigenvalue weighted by molar-refractivity contribution is 6.03. The molecule has 5 rings (SSSR count). The Morgan fingerprint density at radius 2 is 1.66 bits per heavy atom. The number of amidine groups is 1. The van der Waals surface area contributed by atoms with Crippen LogP contribution in [0.15, 0.2) is 107 Å². The van der Waals surface area contributed by atoms with E-state index in [0.717, 1.165) is 33.9 Å². The predicted octanol–water partition coefficient (Wildman–Crippen LogP) is 4.85. The van der Waals surface area contributed by atoms with Crippen molar-refractivity contribution in [1.29, 1.82) is 0 Å². The van der Waals surface area contributed by atoms with Gasteiger partial charge in [-0.25, -0.2) is 15.0 Å². The minimum atomic E-state index is -4.51. The number of aromatic nitrogens is 2. The number of rotatable bonds is 3. The van der Waals surface area contributed by atoms with E-state index in [0.29, 0.717) is 11.4 Å². The van der Waals surface area contributed by atoms with E-state index in [1.165, 1.54) is 12.4 Å². The molecule has 1 aromatic heterocycles. The van der Waals surface area contributed by atoms with E-state index in [1.54, 1.807) is 12.4 Å². The van der Waals surface area contributed by atoms with Crippen molar-refractivity contribution in [3.63, 3.8) is 0 Å². The summed E-state index contributed by atoms with van der Waals surface area (Å²) < 4.78 is 39.4. The molecule has 1 aliphatic heterocycles. The summed E-state index contributed by atoms with van der Waals surface area (Å²) in [5, 5.41) is 0. The highest BCUT2D eigenvalue weighted by Gasteiger charge is 2.44. The van der Waals surface area contributed by atoms with Crippen molar-refractivity contribution in [1.82, 2.24) is 9.97 Å². The zero-order valence-electron chi connectivity index (χ0n) is 16.6. The SMILES string of the molecule is NC1=NC(C2=C=C=C(C(F)(F)F)C=C2)(c2cccc(-c3cncnc3)c2)c2ccccc21. The molecular formula is C25H15F3N4. The third-order valence-corrected chi connectivity index (χ3v) is 5.50. The van der Waals surface area contributed by atoms with E-state index in [9.17, 15) is 13.2 Å². The molecule has 0 fully saturated rings. The number of nitrogens with zero attached hydrogens (tertiary/aromatic N) is 3. The van der Waals surface area contributed by atoms with Crippen LogP contribution in [0.1, 0.15) is 16.7 Å². The smallest absolute Gasteiger partial charge is 0.383 e. The van der Waals surface area contributed by atoms with Gasteiger partial charge in [-0.2, -0.15) is 13.2 Å². The van der Waals surface area contributed by atoms with Crippen LogP contribution in [0.5, 0.6) is 0 Å². The number of hydrogen-bond donors (Lipinski definition) is 1. The fourth-order valence-electron chi connectivity index (χ4n) is 4.04. The lowest BCUT2D eigenvalue weighted by atomic mass is 9.76. The first-order chi connectivity index (χ1) is 15.4. The summed E-state index contributed by atoms with van der Waals surface area (Å²) in [5.74, 6) is 0.308. The molecule has 0 radical (unpaired) electrons. The number of nitrogens with two attached hydrogens (primary N) is 1. The molecule has 2 heterocycles. The van der Waals surface area contributed by atoms with Gasteiger partial charge >= 0.3 is 6.18 Å². The maximum Gasteiger partial charge on any atom is 0.424 e. The van der Waals surface area contributed by atoms with Gasteiger partial charge < -0.3 is 5.73 Å².